The van der Waals surface area contributed by atoms with Crippen molar-refractivity contribution in [3.8, 4) is 0 Å². The molecule has 0 aromatic rings. The lowest BCUT2D eigenvalue weighted by atomic mass is 10.00. The van der Waals surface area contributed by atoms with Crippen LogP contribution in [0.3, 0.4) is 0 Å². The summed E-state index contributed by atoms with van der Waals surface area (Å²) in [5.74, 6) is 0.438. The summed E-state index contributed by atoms with van der Waals surface area (Å²) < 4.78 is 28.6. The van der Waals surface area contributed by atoms with Crippen LogP contribution in [-0.4, -0.2) is 56.3 Å². The predicted octanol–water partition coefficient (Wildman–Crippen LogP) is 1.67. The Bertz CT molecular complexity index is 369. The third kappa shape index (κ3) is 4.41. The standard InChI is InChI=1S/C14H31N3O2S/c1-5-14(6-2)16(4)20(18,19)17-10-8-9-13(12-17)11-15-7-3/h13-15H,5-12H2,1-4H3. The quantitative estimate of drug-likeness (QED) is 0.742. The summed E-state index contributed by atoms with van der Waals surface area (Å²) in [6.45, 7) is 9.34. The van der Waals surface area contributed by atoms with E-state index in [1.165, 1.54) is 0 Å². The minimum absolute atomic E-state index is 0.106. The predicted molar refractivity (Wildman–Crippen MR) is 83.9 cm³/mol. The maximum Gasteiger partial charge on any atom is 0.281 e. The molecule has 6 heteroatoms. The van der Waals surface area contributed by atoms with E-state index >= 15 is 0 Å². The molecule has 1 aliphatic rings. The van der Waals surface area contributed by atoms with E-state index in [2.05, 4.69) is 12.2 Å². The smallest absolute Gasteiger partial charge is 0.281 e. The van der Waals surface area contributed by atoms with Gasteiger partial charge in [0.15, 0.2) is 0 Å². The van der Waals surface area contributed by atoms with E-state index in [-0.39, 0.29) is 6.04 Å². The fraction of sp³-hybridized carbons (Fsp3) is 1.00. The lowest BCUT2D eigenvalue weighted by molar-refractivity contribution is 0.235. The van der Waals surface area contributed by atoms with Gasteiger partial charge in [-0.2, -0.15) is 17.0 Å². The number of rotatable bonds is 8. The van der Waals surface area contributed by atoms with Gasteiger partial charge in [-0.3, -0.25) is 0 Å². The zero-order valence-electron chi connectivity index (χ0n) is 13.4. The number of nitrogens with one attached hydrogen (secondary N) is 1. The minimum atomic E-state index is -3.30. The molecule has 0 amide bonds. The van der Waals surface area contributed by atoms with E-state index in [9.17, 15) is 8.42 Å². The highest BCUT2D eigenvalue weighted by Gasteiger charge is 2.33. The molecule has 1 unspecified atom stereocenters. The van der Waals surface area contributed by atoms with Crippen LogP contribution in [-0.2, 0) is 10.2 Å². The van der Waals surface area contributed by atoms with Crippen molar-refractivity contribution in [1.29, 1.82) is 0 Å². The van der Waals surface area contributed by atoms with E-state index in [0.717, 1.165) is 38.8 Å². The van der Waals surface area contributed by atoms with Crippen molar-refractivity contribution in [2.24, 2.45) is 5.92 Å². The second kappa shape index (κ2) is 8.32. The molecule has 1 N–H and O–H groups in total. The molecule has 1 heterocycles. The molecule has 0 saturated carbocycles. The lowest BCUT2D eigenvalue weighted by Crippen LogP contribution is -2.50. The summed E-state index contributed by atoms with van der Waals surface area (Å²) in [6.07, 6.45) is 3.81. The van der Waals surface area contributed by atoms with Crippen molar-refractivity contribution in [3.05, 3.63) is 0 Å². The van der Waals surface area contributed by atoms with E-state index in [1.807, 2.05) is 13.8 Å². The van der Waals surface area contributed by atoms with E-state index in [4.69, 9.17) is 0 Å². The second-order valence-electron chi connectivity index (χ2n) is 5.67. The Morgan fingerprint density at radius 3 is 2.50 bits per heavy atom. The van der Waals surface area contributed by atoms with Crippen LogP contribution in [0.1, 0.15) is 46.5 Å². The number of hydrogen-bond acceptors (Lipinski definition) is 3. The van der Waals surface area contributed by atoms with Gasteiger partial charge in [-0.15, -0.1) is 0 Å². The molecule has 0 aliphatic carbocycles. The first-order chi connectivity index (χ1) is 9.47. The fourth-order valence-electron chi connectivity index (χ4n) is 2.92. The van der Waals surface area contributed by atoms with Gasteiger partial charge >= 0.3 is 0 Å². The highest BCUT2D eigenvalue weighted by molar-refractivity contribution is 7.86. The molecule has 1 aliphatic heterocycles. The fourth-order valence-corrected chi connectivity index (χ4v) is 4.72. The molecule has 0 bridgehead atoms. The zero-order chi connectivity index (χ0) is 15.2. The molecule has 1 saturated heterocycles. The largest absolute Gasteiger partial charge is 0.317 e. The van der Waals surface area contributed by atoms with Gasteiger partial charge in [0.25, 0.3) is 10.2 Å². The third-order valence-electron chi connectivity index (χ3n) is 4.31. The average molecular weight is 305 g/mol. The Labute approximate surface area is 124 Å². The molecule has 0 aromatic carbocycles. The van der Waals surface area contributed by atoms with Gasteiger partial charge in [-0.05, 0) is 44.7 Å². The first-order valence-electron chi connectivity index (χ1n) is 7.91. The Morgan fingerprint density at radius 1 is 1.30 bits per heavy atom. The molecular formula is C14H31N3O2S. The summed E-state index contributed by atoms with van der Waals surface area (Å²) in [7, 11) is -1.58. The molecule has 20 heavy (non-hydrogen) atoms. The van der Waals surface area contributed by atoms with Gasteiger partial charge < -0.3 is 5.32 Å². The van der Waals surface area contributed by atoms with Crippen molar-refractivity contribution in [1.82, 2.24) is 13.9 Å². The maximum atomic E-state index is 12.7. The molecule has 1 atom stereocenters. The molecule has 0 radical (unpaired) electrons. The van der Waals surface area contributed by atoms with Gasteiger partial charge in [-0.25, -0.2) is 0 Å². The maximum absolute atomic E-state index is 12.7. The zero-order valence-corrected chi connectivity index (χ0v) is 14.2. The normalized spacial score (nSPS) is 21.8. The Hall–Kier alpha value is -0.170. The summed E-state index contributed by atoms with van der Waals surface area (Å²) in [4.78, 5) is 0. The van der Waals surface area contributed by atoms with Crippen molar-refractivity contribution in [2.45, 2.75) is 52.5 Å². The third-order valence-corrected chi connectivity index (χ3v) is 6.32. The van der Waals surface area contributed by atoms with E-state index in [1.54, 1.807) is 15.7 Å². The highest BCUT2D eigenvalue weighted by atomic mass is 32.2. The first kappa shape index (κ1) is 17.9. The van der Waals surface area contributed by atoms with Crippen LogP contribution in [0, 0.1) is 5.92 Å². The van der Waals surface area contributed by atoms with Gasteiger partial charge in [0.2, 0.25) is 0 Å². The topological polar surface area (TPSA) is 52.7 Å². The van der Waals surface area contributed by atoms with Crippen LogP contribution in [0.25, 0.3) is 0 Å². The number of piperidine rings is 1. The SMILES string of the molecule is CCNCC1CCCN(S(=O)(=O)N(C)C(CC)CC)C1. The van der Waals surface area contributed by atoms with Crippen LogP contribution >= 0.6 is 0 Å². The minimum Gasteiger partial charge on any atom is -0.317 e. The van der Waals surface area contributed by atoms with Gasteiger partial charge in [0.05, 0.1) is 0 Å². The highest BCUT2D eigenvalue weighted by Crippen LogP contribution is 2.22. The monoisotopic (exact) mass is 305 g/mol. The van der Waals surface area contributed by atoms with E-state index < -0.39 is 10.2 Å². The molecule has 0 aromatic heterocycles. The lowest BCUT2D eigenvalue weighted by Gasteiger charge is -2.36. The second-order valence-corrected chi connectivity index (χ2v) is 7.66. The average Bonchev–Trinajstić information content (AvgIpc) is 2.46. The Kier molecular flexibility index (Phi) is 7.43. The number of nitrogens with zero attached hydrogens (tertiary/aromatic N) is 2. The van der Waals surface area contributed by atoms with Crippen LogP contribution < -0.4 is 5.32 Å². The Balaban J connectivity index is 2.71. The summed E-state index contributed by atoms with van der Waals surface area (Å²) in [5, 5.41) is 3.33. The van der Waals surface area contributed by atoms with Gasteiger partial charge in [0, 0.05) is 26.2 Å². The van der Waals surface area contributed by atoms with Gasteiger partial charge in [-0.1, -0.05) is 20.8 Å². The molecule has 5 nitrogen and oxygen atoms in total. The molecule has 1 fully saturated rings. The van der Waals surface area contributed by atoms with Crippen molar-refractivity contribution < 1.29 is 8.42 Å². The van der Waals surface area contributed by atoms with Crippen LogP contribution in [0.5, 0.6) is 0 Å². The molecule has 0 spiro atoms. The van der Waals surface area contributed by atoms with Crippen molar-refractivity contribution in [3.63, 3.8) is 0 Å². The molecule has 1 rings (SSSR count). The van der Waals surface area contributed by atoms with Gasteiger partial charge in [0.1, 0.15) is 0 Å². The van der Waals surface area contributed by atoms with Crippen LogP contribution in [0.4, 0.5) is 0 Å². The van der Waals surface area contributed by atoms with Crippen LogP contribution in [0.2, 0.25) is 0 Å². The first-order valence-corrected chi connectivity index (χ1v) is 9.30. The van der Waals surface area contributed by atoms with Crippen LogP contribution in [0.15, 0.2) is 0 Å². The molecular weight excluding hydrogens is 274 g/mol. The summed E-state index contributed by atoms with van der Waals surface area (Å²) >= 11 is 0. The number of hydrogen-bond donors (Lipinski definition) is 1. The summed E-state index contributed by atoms with van der Waals surface area (Å²) in [6, 6.07) is 0.106. The van der Waals surface area contributed by atoms with E-state index in [0.29, 0.717) is 19.0 Å². The van der Waals surface area contributed by atoms with Crippen molar-refractivity contribution >= 4 is 10.2 Å². The molecule has 120 valence electrons. The Morgan fingerprint density at radius 2 is 1.95 bits per heavy atom. The summed E-state index contributed by atoms with van der Waals surface area (Å²) in [5.41, 5.74) is 0. The van der Waals surface area contributed by atoms with Crippen molar-refractivity contribution in [2.75, 3.05) is 33.2 Å².